The highest BCUT2D eigenvalue weighted by Gasteiger charge is 2.19. The first-order valence-electron chi connectivity index (χ1n) is 8.60. The van der Waals surface area contributed by atoms with Crippen molar-refractivity contribution in [3.8, 4) is 5.75 Å². The Morgan fingerprint density at radius 3 is 2.65 bits per heavy atom. The molecule has 0 aliphatic rings. The fourth-order valence-corrected chi connectivity index (χ4v) is 2.34. The fourth-order valence-electron chi connectivity index (χ4n) is 2.16. The Hall–Kier alpha value is -2.21. The van der Waals surface area contributed by atoms with Gasteiger partial charge >= 0.3 is 0 Å². The summed E-state index contributed by atoms with van der Waals surface area (Å²) in [4.78, 5) is 8.50. The van der Waals surface area contributed by atoms with Crippen molar-refractivity contribution in [2.45, 2.75) is 45.8 Å². The third-order valence-electron chi connectivity index (χ3n) is 3.65. The monoisotopic (exact) mass is 378 g/mol. The van der Waals surface area contributed by atoms with Crippen molar-refractivity contribution in [2.24, 2.45) is 4.99 Å². The summed E-state index contributed by atoms with van der Waals surface area (Å²) in [6.45, 7) is 9.26. The summed E-state index contributed by atoms with van der Waals surface area (Å²) in [6.07, 6.45) is 1.69. The number of guanidine groups is 1. The van der Waals surface area contributed by atoms with E-state index in [1.165, 1.54) is 0 Å². The van der Waals surface area contributed by atoms with Crippen molar-refractivity contribution in [3.05, 3.63) is 47.1 Å². The highest BCUT2D eigenvalue weighted by atomic mass is 35.5. The zero-order valence-electron chi connectivity index (χ0n) is 16.0. The fraction of sp³-hybridized carbons (Fsp3) is 0.474. The average molecular weight is 379 g/mol. The number of nitrogens with zero attached hydrogens (tertiary/aromatic N) is 2. The molecule has 2 rings (SSSR count). The first-order valence-corrected chi connectivity index (χ1v) is 8.98. The smallest absolute Gasteiger partial charge is 0.213 e. The number of para-hydroxylation sites is 1. The standard InChI is InChI=1S/C19H27ClN4O2/c1-13(25-15-9-7-6-8-14(15)20)10-23-18(21-5)24-12-17-22-11-16(26-17)19(2,3)4/h6-9,11,13H,10,12H2,1-5H3,(H2,21,23,24). The molecular formula is C19H27ClN4O2. The van der Waals surface area contributed by atoms with E-state index in [0.29, 0.717) is 35.7 Å². The molecule has 1 heterocycles. The van der Waals surface area contributed by atoms with Crippen LogP contribution in [0.1, 0.15) is 39.3 Å². The van der Waals surface area contributed by atoms with E-state index in [-0.39, 0.29) is 11.5 Å². The maximum atomic E-state index is 6.11. The quantitative estimate of drug-likeness (QED) is 0.591. The third kappa shape index (κ3) is 5.95. The van der Waals surface area contributed by atoms with E-state index in [1.807, 2.05) is 25.1 Å². The first-order chi connectivity index (χ1) is 12.3. The van der Waals surface area contributed by atoms with Crippen molar-refractivity contribution in [2.75, 3.05) is 13.6 Å². The Labute approximate surface area is 160 Å². The summed E-state index contributed by atoms with van der Waals surface area (Å²) in [7, 11) is 1.71. The number of hydrogen-bond acceptors (Lipinski definition) is 4. The molecular weight excluding hydrogens is 352 g/mol. The molecule has 1 atom stereocenters. The largest absolute Gasteiger partial charge is 0.487 e. The lowest BCUT2D eigenvalue weighted by atomic mass is 9.94. The number of aromatic nitrogens is 1. The molecule has 2 N–H and O–H groups in total. The number of oxazole rings is 1. The van der Waals surface area contributed by atoms with Gasteiger partial charge in [-0.1, -0.05) is 44.5 Å². The van der Waals surface area contributed by atoms with Gasteiger partial charge in [0, 0.05) is 12.5 Å². The van der Waals surface area contributed by atoms with Crippen LogP contribution in [-0.2, 0) is 12.0 Å². The van der Waals surface area contributed by atoms with E-state index in [0.717, 1.165) is 5.76 Å². The summed E-state index contributed by atoms with van der Waals surface area (Å²) in [5.74, 6) is 2.80. The van der Waals surface area contributed by atoms with E-state index in [4.69, 9.17) is 20.8 Å². The molecule has 7 heteroatoms. The van der Waals surface area contributed by atoms with Crippen molar-refractivity contribution >= 4 is 17.6 Å². The number of aliphatic imine (C=N–C) groups is 1. The zero-order chi connectivity index (χ0) is 19.2. The normalized spacial score (nSPS) is 13.4. The van der Waals surface area contributed by atoms with Gasteiger partial charge in [0.15, 0.2) is 5.96 Å². The lowest BCUT2D eigenvalue weighted by molar-refractivity contribution is 0.224. The molecule has 0 saturated heterocycles. The summed E-state index contributed by atoms with van der Waals surface area (Å²) in [5.41, 5.74) is -0.0589. The van der Waals surface area contributed by atoms with Crippen LogP contribution in [0.2, 0.25) is 5.02 Å². The predicted octanol–water partition coefficient (Wildman–Crippen LogP) is 3.76. The molecule has 0 fully saturated rings. The van der Waals surface area contributed by atoms with Crippen molar-refractivity contribution in [1.29, 1.82) is 0 Å². The minimum Gasteiger partial charge on any atom is -0.487 e. The number of nitrogens with one attached hydrogen (secondary N) is 2. The molecule has 0 radical (unpaired) electrons. The van der Waals surface area contributed by atoms with Gasteiger partial charge in [0.05, 0.1) is 24.3 Å². The zero-order valence-corrected chi connectivity index (χ0v) is 16.7. The van der Waals surface area contributed by atoms with Crippen LogP contribution in [0.15, 0.2) is 39.9 Å². The lowest BCUT2D eigenvalue weighted by Crippen LogP contribution is -2.41. The van der Waals surface area contributed by atoms with E-state index >= 15 is 0 Å². The minimum absolute atomic E-state index is 0.0589. The Kier molecular flexibility index (Phi) is 6.91. The van der Waals surface area contributed by atoms with Crippen molar-refractivity contribution < 1.29 is 9.15 Å². The number of rotatable bonds is 6. The minimum atomic E-state index is -0.0809. The SMILES string of the molecule is CN=C(NCc1ncc(C(C)(C)C)o1)NCC(C)Oc1ccccc1Cl. The van der Waals surface area contributed by atoms with Gasteiger partial charge in [-0.15, -0.1) is 0 Å². The van der Waals surface area contributed by atoms with E-state index in [1.54, 1.807) is 19.3 Å². The van der Waals surface area contributed by atoms with Gasteiger partial charge in [0.25, 0.3) is 0 Å². The summed E-state index contributed by atoms with van der Waals surface area (Å²) < 4.78 is 11.6. The molecule has 0 aliphatic heterocycles. The van der Waals surface area contributed by atoms with Crippen LogP contribution < -0.4 is 15.4 Å². The van der Waals surface area contributed by atoms with Crippen LogP contribution >= 0.6 is 11.6 Å². The predicted molar refractivity (Wildman–Crippen MR) is 105 cm³/mol. The lowest BCUT2D eigenvalue weighted by Gasteiger charge is -2.18. The van der Waals surface area contributed by atoms with Crippen LogP contribution in [-0.4, -0.2) is 30.6 Å². The van der Waals surface area contributed by atoms with Crippen molar-refractivity contribution in [1.82, 2.24) is 15.6 Å². The second kappa shape index (κ2) is 8.94. The van der Waals surface area contributed by atoms with Gasteiger partial charge in [-0.25, -0.2) is 4.98 Å². The van der Waals surface area contributed by atoms with Crippen LogP contribution in [0, 0.1) is 0 Å². The Morgan fingerprint density at radius 1 is 1.31 bits per heavy atom. The van der Waals surface area contributed by atoms with Gasteiger partial charge in [0.2, 0.25) is 5.89 Å². The third-order valence-corrected chi connectivity index (χ3v) is 3.96. The van der Waals surface area contributed by atoms with Gasteiger partial charge in [-0.3, -0.25) is 4.99 Å². The van der Waals surface area contributed by atoms with Gasteiger partial charge in [0.1, 0.15) is 17.6 Å². The van der Waals surface area contributed by atoms with E-state index in [9.17, 15) is 0 Å². The van der Waals surface area contributed by atoms with E-state index < -0.39 is 0 Å². The highest BCUT2D eigenvalue weighted by molar-refractivity contribution is 6.32. The Balaban J connectivity index is 1.80. The molecule has 2 aromatic rings. The molecule has 1 aromatic carbocycles. The molecule has 0 spiro atoms. The molecule has 0 bridgehead atoms. The molecule has 0 amide bonds. The Bertz CT molecular complexity index is 737. The molecule has 1 aromatic heterocycles. The average Bonchev–Trinajstić information content (AvgIpc) is 3.06. The van der Waals surface area contributed by atoms with Gasteiger partial charge in [-0.05, 0) is 19.1 Å². The highest BCUT2D eigenvalue weighted by Crippen LogP contribution is 2.24. The Morgan fingerprint density at radius 2 is 2.04 bits per heavy atom. The van der Waals surface area contributed by atoms with Crippen LogP contribution in [0.5, 0.6) is 5.75 Å². The van der Waals surface area contributed by atoms with Gasteiger partial charge in [-0.2, -0.15) is 0 Å². The molecule has 1 unspecified atom stereocenters. The number of hydrogen-bond donors (Lipinski definition) is 2. The second-order valence-electron chi connectivity index (χ2n) is 7.03. The van der Waals surface area contributed by atoms with Crippen molar-refractivity contribution in [3.63, 3.8) is 0 Å². The van der Waals surface area contributed by atoms with Crippen LogP contribution in [0.4, 0.5) is 0 Å². The molecule has 142 valence electrons. The van der Waals surface area contributed by atoms with E-state index in [2.05, 4.69) is 41.4 Å². The number of benzene rings is 1. The first kappa shape index (κ1) is 20.1. The second-order valence-corrected chi connectivity index (χ2v) is 7.44. The van der Waals surface area contributed by atoms with Gasteiger partial charge < -0.3 is 19.8 Å². The number of halogens is 1. The summed E-state index contributed by atoms with van der Waals surface area (Å²) in [5, 5.41) is 7.00. The maximum absolute atomic E-state index is 6.11. The molecule has 6 nitrogen and oxygen atoms in total. The maximum Gasteiger partial charge on any atom is 0.213 e. The summed E-state index contributed by atoms with van der Waals surface area (Å²) >= 11 is 6.11. The topological polar surface area (TPSA) is 71.7 Å². The molecule has 0 saturated carbocycles. The summed E-state index contributed by atoms with van der Waals surface area (Å²) in [6, 6.07) is 7.42. The molecule has 0 aliphatic carbocycles. The van der Waals surface area contributed by atoms with Crippen LogP contribution in [0.3, 0.4) is 0 Å². The van der Waals surface area contributed by atoms with Crippen LogP contribution in [0.25, 0.3) is 0 Å². The molecule has 26 heavy (non-hydrogen) atoms. The number of ether oxygens (including phenoxy) is 1.